The van der Waals surface area contributed by atoms with Gasteiger partial charge in [-0.3, -0.25) is 0 Å². The monoisotopic (exact) mass is 305 g/mol. The average Bonchev–Trinajstić information content (AvgIpc) is 2.97. The molecule has 2 aromatic rings. The lowest BCUT2D eigenvalue weighted by atomic mass is 10.2. The Balaban J connectivity index is 1.87. The first-order valence-electron chi connectivity index (χ1n) is 7.59. The molecule has 0 saturated carbocycles. The van der Waals surface area contributed by atoms with Gasteiger partial charge in [0, 0.05) is 12.0 Å². The fraction of sp³-hybridized carbons (Fsp3) is 0.500. The van der Waals surface area contributed by atoms with Gasteiger partial charge in [-0.1, -0.05) is 18.3 Å². The number of aromatic nitrogens is 2. The maximum absolute atomic E-state index is 5.45. The number of hydrogen-bond donors (Lipinski definition) is 1. The number of nitrogens with one attached hydrogen (secondary N) is 1. The summed E-state index contributed by atoms with van der Waals surface area (Å²) in [7, 11) is 0. The molecule has 1 N–H and O–H groups in total. The number of nitrogens with zero attached hydrogens (tertiary/aromatic N) is 2. The van der Waals surface area contributed by atoms with Crippen LogP contribution in [-0.2, 0) is 6.42 Å². The fourth-order valence-corrected chi connectivity index (χ4v) is 2.88. The van der Waals surface area contributed by atoms with Crippen molar-refractivity contribution < 1.29 is 4.74 Å². The Morgan fingerprint density at radius 3 is 2.62 bits per heavy atom. The minimum Gasteiger partial charge on any atom is -0.494 e. The second-order valence-electron chi connectivity index (χ2n) is 4.81. The van der Waals surface area contributed by atoms with E-state index in [-0.39, 0.29) is 0 Å². The van der Waals surface area contributed by atoms with E-state index in [1.807, 2.05) is 31.2 Å². The second kappa shape index (κ2) is 8.74. The van der Waals surface area contributed by atoms with Crippen molar-refractivity contribution in [3.05, 3.63) is 29.3 Å². The van der Waals surface area contributed by atoms with Crippen molar-refractivity contribution in [3.63, 3.8) is 0 Å². The highest BCUT2D eigenvalue weighted by Gasteiger charge is 2.06. The normalized spacial score (nSPS) is 10.8. The van der Waals surface area contributed by atoms with Crippen molar-refractivity contribution in [3.8, 4) is 16.3 Å². The van der Waals surface area contributed by atoms with Crippen LogP contribution >= 0.6 is 11.3 Å². The predicted octanol–water partition coefficient (Wildman–Crippen LogP) is 3.54. The molecule has 0 unspecified atom stereocenters. The van der Waals surface area contributed by atoms with E-state index in [4.69, 9.17) is 4.74 Å². The first-order valence-corrected chi connectivity index (χ1v) is 8.41. The molecule has 1 heterocycles. The molecule has 0 amide bonds. The van der Waals surface area contributed by atoms with Crippen molar-refractivity contribution in [2.24, 2.45) is 0 Å². The van der Waals surface area contributed by atoms with Crippen LogP contribution in [0.5, 0.6) is 5.75 Å². The molecule has 21 heavy (non-hydrogen) atoms. The van der Waals surface area contributed by atoms with Gasteiger partial charge in [0.2, 0.25) is 0 Å². The maximum atomic E-state index is 5.45. The highest BCUT2D eigenvalue weighted by molar-refractivity contribution is 7.14. The molecule has 0 fully saturated rings. The van der Waals surface area contributed by atoms with Gasteiger partial charge in [0.25, 0.3) is 0 Å². The Kier molecular flexibility index (Phi) is 6.63. The molecule has 0 aliphatic rings. The van der Waals surface area contributed by atoms with E-state index in [0.29, 0.717) is 6.61 Å². The van der Waals surface area contributed by atoms with Gasteiger partial charge in [-0.15, -0.1) is 10.2 Å². The molecule has 2 rings (SSSR count). The van der Waals surface area contributed by atoms with Gasteiger partial charge >= 0.3 is 0 Å². The minimum atomic E-state index is 0.689. The van der Waals surface area contributed by atoms with Crippen LogP contribution in [0.25, 0.3) is 10.6 Å². The SMILES string of the molecule is CCCNCCCc1nnc(-c2ccc(OCC)cc2)s1. The molecule has 0 spiro atoms. The van der Waals surface area contributed by atoms with Crippen LogP contribution in [0.3, 0.4) is 0 Å². The molecule has 0 aliphatic heterocycles. The van der Waals surface area contributed by atoms with Crippen LogP contribution in [-0.4, -0.2) is 29.9 Å². The van der Waals surface area contributed by atoms with E-state index in [1.165, 1.54) is 6.42 Å². The summed E-state index contributed by atoms with van der Waals surface area (Å²) in [6, 6.07) is 8.04. The van der Waals surface area contributed by atoms with Gasteiger partial charge in [-0.25, -0.2) is 0 Å². The first kappa shape index (κ1) is 15.9. The lowest BCUT2D eigenvalue weighted by molar-refractivity contribution is 0.340. The standard InChI is InChI=1S/C16H23N3OS/c1-3-11-17-12-5-6-15-18-19-16(21-15)13-7-9-14(10-8-13)20-4-2/h7-10,17H,3-6,11-12H2,1-2H3. The summed E-state index contributed by atoms with van der Waals surface area (Å²) in [6.07, 6.45) is 3.28. The van der Waals surface area contributed by atoms with E-state index in [1.54, 1.807) is 11.3 Å². The third kappa shape index (κ3) is 5.10. The molecule has 0 bridgehead atoms. The molecular formula is C16H23N3OS. The van der Waals surface area contributed by atoms with Crippen molar-refractivity contribution in [2.45, 2.75) is 33.1 Å². The number of benzene rings is 1. The van der Waals surface area contributed by atoms with Gasteiger partial charge < -0.3 is 10.1 Å². The summed E-state index contributed by atoms with van der Waals surface area (Å²) in [5.41, 5.74) is 1.10. The van der Waals surface area contributed by atoms with Crippen molar-refractivity contribution in [1.82, 2.24) is 15.5 Å². The highest BCUT2D eigenvalue weighted by Crippen LogP contribution is 2.25. The minimum absolute atomic E-state index is 0.689. The third-order valence-electron chi connectivity index (χ3n) is 3.05. The molecular weight excluding hydrogens is 282 g/mol. The fourth-order valence-electron chi connectivity index (χ4n) is 2.00. The smallest absolute Gasteiger partial charge is 0.147 e. The molecule has 0 radical (unpaired) electrons. The van der Waals surface area contributed by atoms with E-state index >= 15 is 0 Å². The predicted molar refractivity (Wildman–Crippen MR) is 88.0 cm³/mol. The Labute approximate surface area is 130 Å². The summed E-state index contributed by atoms with van der Waals surface area (Å²) in [5.74, 6) is 0.896. The Bertz CT molecular complexity index is 525. The molecule has 1 aromatic carbocycles. The molecule has 4 nitrogen and oxygen atoms in total. The van der Waals surface area contributed by atoms with Crippen molar-refractivity contribution in [1.29, 1.82) is 0 Å². The largest absolute Gasteiger partial charge is 0.494 e. The highest BCUT2D eigenvalue weighted by atomic mass is 32.1. The van der Waals surface area contributed by atoms with Crippen LogP contribution < -0.4 is 10.1 Å². The molecule has 114 valence electrons. The number of ether oxygens (including phenoxy) is 1. The lowest BCUT2D eigenvalue weighted by Crippen LogP contribution is -2.16. The van der Waals surface area contributed by atoms with Crippen molar-refractivity contribution in [2.75, 3.05) is 19.7 Å². The zero-order valence-corrected chi connectivity index (χ0v) is 13.6. The summed E-state index contributed by atoms with van der Waals surface area (Å²) in [5, 5.41) is 14.1. The number of aryl methyl sites for hydroxylation is 1. The second-order valence-corrected chi connectivity index (χ2v) is 5.87. The molecule has 1 aromatic heterocycles. The number of hydrogen-bond acceptors (Lipinski definition) is 5. The molecule has 0 saturated heterocycles. The zero-order chi connectivity index (χ0) is 14.9. The van der Waals surface area contributed by atoms with Crippen molar-refractivity contribution >= 4 is 11.3 Å². The van der Waals surface area contributed by atoms with E-state index in [2.05, 4.69) is 22.4 Å². The molecule has 0 aliphatic carbocycles. The van der Waals surface area contributed by atoms with Crippen LogP contribution in [0.4, 0.5) is 0 Å². The summed E-state index contributed by atoms with van der Waals surface area (Å²) in [6.45, 7) is 6.99. The Hall–Kier alpha value is -1.46. The third-order valence-corrected chi connectivity index (χ3v) is 4.08. The Morgan fingerprint density at radius 2 is 1.90 bits per heavy atom. The van der Waals surface area contributed by atoms with Gasteiger partial charge in [-0.05, 0) is 57.1 Å². The van der Waals surface area contributed by atoms with Crippen LogP contribution in [0.2, 0.25) is 0 Å². The maximum Gasteiger partial charge on any atom is 0.147 e. The Morgan fingerprint density at radius 1 is 1.10 bits per heavy atom. The summed E-state index contributed by atoms with van der Waals surface area (Å²) < 4.78 is 5.45. The van der Waals surface area contributed by atoms with E-state index in [0.717, 1.165) is 47.3 Å². The molecule has 0 atom stereocenters. The number of rotatable bonds is 9. The van der Waals surface area contributed by atoms with Crippen LogP contribution in [0.15, 0.2) is 24.3 Å². The van der Waals surface area contributed by atoms with Gasteiger partial charge in [0.05, 0.1) is 6.61 Å². The molecule has 5 heteroatoms. The van der Waals surface area contributed by atoms with Gasteiger partial charge in [0.1, 0.15) is 15.8 Å². The van der Waals surface area contributed by atoms with Gasteiger partial charge in [-0.2, -0.15) is 0 Å². The summed E-state index contributed by atoms with van der Waals surface area (Å²) >= 11 is 1.68. The van der Waals surface area contributed by atoms with Crippen LogP contribution in [0.1, 0.15) is 31.7 Å². The average molecular weight is 305 g/mol. The van der Waals surface area contributed by atoms with Gasteiger partial charge in [0.15, 0.2) is 0 Å². The lowest BCUT2D eigenvalue weighted by Gasteiger charge is -2.02. The first-order chi connectivity index (χ1) is 10.3. The quantitative estimate of drug-likeness (QED) is 0.720. The topological polar surface area (TPSA) is 47.0 Å². The summed E-state index contributed by atoms with van der Waals surface area (Å²) in [4.78, 5) is 0. The zero-order valence-electron chi connectivity index (χ0n) is 12.8. The van der Waals surface area contributed by atoms with E-state index < -0.39 is 0 Å². The van der Waals surface area contributed by atoms with Crippen LogP contribution in [0, 0.1) is 0 Å². The van der Waals surface area contributed by atoms with E-state index in [9.17, 15) is 0 Å².